The standard InChI is InChI=1S/C13H9BrN2O5/c14-10-2-1-9(11(6-10)16(20)21)7-15-4-3-8(13(18)19)5-12(15)17/h1-6H,7H2,(H,18,19). The summed E-state index contributed by atoms with van der Waals surface area (Å²) in [6, 6.07) is 6.78. The number of nitro benzene ring substituents is 1. The van der Waals surface area contributed by atoms with Crippen LogP contribution in [0.25, 0.3) is 0 Å². The molecule has 2 rings (SSSR count). The highest BCUT2D eigenvalue weighted by Crippen LogP contribution is 2.24. The summed E-state index contributed by atoms with van der Waals surface area (Å²) in [4.78, 5) is 33.1. The largest absolute Gasteiger partial charge is 0.478 e. The van der Waals surface area contributed by atoms with Crippen LogP contribution in [0.2, 0.25) is 0 Å². The van der Waals surface area contributed by atoms with E-state index in [9.17, 15) is 19.7 Å². The van der Waals surface area contributed by atoms with Crippen LogP contribution in [0.1, 0.15) is 15.9 Å². The maximum atomic E-state index is 11.8. The molecule has 0 spiro atoms. The third kappa shape index (κ3) is 3.34. The summed E-state index contributed by atoms with van der Waals surface area (Å²) in [7, 11) is 0. The lowest BCUT2D eigenvalue weighted by Gasteiger charge is -2.07. The number of benzene rings is 1. The van der Waals surface area contributed by atoms with Crippen molar-refractivity contribution in [1.29, 1.82) is 0 Å². The Labute approximate surface area is 126 Å². The van der Waals surface area contributed by atoms with Gasteiger partial charge in [0.2, 0.25) is 0 Å². The molecule has 8 heteroatoms. The fourth-order valence-electron chi connectivity index (χ4n) is 1.80. The van der Waals surface area contributed by atoms with Crippen LogP contribution in [0, 0.1) is 10.1 Å². The number of carbonyl (C=O) groups is 1. The summed E-state index contributed by atoms with van der Waals surface area (Å²) < 4.78 is 1.77. The molecule has 0 bridgehead atoms. The van der Waals surface area contributed by atoms with Crippen LogP contribution in [-0.4, -0.2) is 20.6 Å². The molecule has 1 aromatic carbocycles. The first-order chi connectivity index (χ1) is 9.88. The van der Waals surface area contributed by atoms with E-state index >= 15 is 0 Å². The van der Waals surface area contributed by atoms with E-state index in [0.717, 1.165) is 6.07 Å². The number of carboxylic acid groups (broad SMARTS) is 1. The molecule has 0 saturated heterocycles. The third-order valence-corrected chi connectivity index (χ3v) is 3.32. The topological polar surface area (TPSA) is 102 Å². The SMILES string of the molecule is O=C(O)c1ccn(Cc2ccc(Br)cc2[N+](=O)[O-])c(=O)c1. The molecule has 0 amide bonds. The Morgan fingerprint density at radius 2 is 2.05 bits per heavy atom. The van der Waals surface area contributed by atoms with Crippen molar-refractivity contribution < 1.29 is 14.8 Å². The maximum Gasteiger partial charge on any atom is 0.335 e. The molecule has 7 nitrogen and oxygen atoms in total. The van der Waals surface area contributed by atoms with Gasteiger partial charge in [-0.05, 0) is 18.2 Å². The number of hydrogen-bond donors (Lipinski definition) is 1. The zero-order valence-corrected chi connectivity index (χ0v) is 12.1. The van der Waals surface area contributed by atoms with E-state index in [0.29, 0.717) is 10.0 Å². The minimum atomic E-state index is -1.20. The van der Waals surface area contributed by atoms with Gasteiger partial charge >= 0.3 is 5.97 Å². The molecule has 0 aliphatic rings. The minimum Gasteiger partial charge on any atom is -0.478 e. The van der Waals surface area contributed by atoms with Crippen molar-refractivity contribution in [2.45, 2.75) is 6.54 Å². The number of nitro groups is 1. The van der Waals surface area contributed by atoms with Gasteiger partial charge in [-0.1, -0.05) is 15.9 Å². The van der Waals surface area contributed by atoms with E-state index in [-0.39, 0.29) is 17.8 Å². The van der Waals surface area contributed by atoms with Gasteiger partial charge in [-0.15, -0.1) is 0 Å². The van der Waals surface area contributed by atoms with Gasteiger partial charge in [0.05, 0.1) is 17.0 Å². The number of nitrogens with zero attached hydrogens (tertiary/aromatic N) is 2. The van der Waals surface area contributed by atoms with Crippen molar-refractivity contribution in [3.63, 3.8) is 0 Å². The van der Waals surface area contributed by atoms with E-state index in [2.05, 4.69) is 15.9 Å². The fraction of sp³-hybridized carbons (Fsp3) is 0.0769. The van der Waals surface area contributed by atoms with Gasteiger partial charge in [0.15, 0.2) is 0 Å². The molecular weight excluding hydrogens is 344 g/mol. The smallest absolute Gasteiger partial charge is 0.335 e. The van der Waals surface area contributed by atoms with Gasteiger partial charge in [-0.3, -0.25) is 14.9 Å². The molecule has 0 fully saturated rings. The maximum absolute atomic E-state index is 11.8. The average molecular weight is 353 g/mol. The molecular formula is C13H9BrN2O5. The fourth-order valence-corrected chi connectivity index (χ4v) is 2.14. The van der Waals surface area contributed by atoms with Crippen molar-refractivity contribution in [3.8, 4) is 0 Å². The Bertz CT molecular complexity index is 784. The van der Waals surface area contributed by atoms with Gasteiger partial charge in [-0.2, -0.15) is 0 Å². The van der Waals surface area contributed by atoms with Crippen molar-refractivity contribution in [2.24, 2.45) is 0 Å². The van der Waals surface area contributed by atoms with Crippen LogP contribution in [0.5, 0.6) is 0 Å². The van der Waals surface area contributed by atoms with Crippen LogP contribution in [0.3, 0.4) is 0 Å². The predicted octanol–water partition coefficient (Wildman–Crippen LogP) is 2.27. The first-order valence-electron chi connectivity index (χ1n) is 5.75. The lowest BCUT2D eigenvalue weighted by atomic mass is 10.1. The zero-order valence-electron chi connectivity index (χ0n) is 10.5. The highest BCUT2D eigenvalue weighted by molar-refractivity contribution is 9.10. The van der Waals surface area contributed by atoms with E-state index in [1.807, 2.05) is 0 Å². The first-order valence-corrected chi connectivity index (χ1v) is 6.54. The molecule has 1 aromatic heterocycles. The van der Waals surface area contributed by atoms with Gasteiger partial charge in [0.25, 0.3) is 11.2 Å². The summed E-state index contributed by atoms with van der Waals surface area (Å²) in [6.45, 7) is -0.0116. The van der Waals surface area contributed by atoms with Gasteiger partial charge in [0.1, 0.15) is 0 Å². The number of pyridine rings is 1. The molecule has 2 aromatic rings. The van der Waals surface area contributed by atoms with E-state index < -0.39 is 16.5 Å². The molecule has 1 N–H and O–H groups in total. The van der Waals surface area contributed by atoms with E-state index in [1.54, 1.807) is 12.1 Å². The Hall–Kier alpha value is -2.48. The van der Waals surface area contributed by atoms with Crippen molar-refractivity contribution in [1.82, 2.24) is 4.57 Å². The molecule has 0 aliphatic carbocycles. The predicted molar refractivity (Wildman–Crippen MR) is 77.6 cm³/mol. The molecule has 0 aliphatic heterocycles. The molecule has 21 heavy (non-hydrogen) atoms. The lowest BCUT2D eigenvalue weighted by Crippen LogP contribution is -2.21. The average Bonchev–Trinajstić information content (AvgIpc) is 2.42. The van der Waals surface area contributed by atoms with Crippen LogP contribution >= 0.6 is 15.9 Å². The molecule has 0 unspecified atom stereocenters. The van der Waals surface area contributed by atoms with Crippen LogP contribution in [0.15, 0.2) is 45.8 Å². The molecule has 0 radical (unpaired) electrons. The van der Waals surface area contributed by atoms with Gasteiger partial charge in [-0.25, -0.2) is 4.79 Å². The summed E-state index contributed by atoms with van der Waals surface area (Å²) >= 11 is 3.15. The number of aromatic nitrogens is 1. The normalized spacial score (nSPS) is 10.3. The van der Waals surface area contributed by atoms with Crippen molar-refractivity contribution in [3.05, 3.63) is 72.6 Å². The highest BCUT2D eigenvalue weighted by Gasteiger charge is 2.15. The lowest BCUT2D eigenvalue weighted by molar-refractivity contribution is -0.385. The van der Waals surface area contributed by atoms with Crippen molar-refractivity contribution >= 4 is 27.6 Å². The number of aromatic carboxylic acids is 1. The number of carboxylic acids is 1. The van der Waals surface area contributed by atoms with Gasteiger partial charge < -0.3 is 9.67 Å². The molecule has 1 heterocycles. The first kappa shape index (κ1) is 14.9. The molecule has 0 saturated carbocycles. The second-order valence-electron chi connectivity index (χ2n) is 4.22. The number of rotatable bonds is 4. The molecule has 0 atom stereocenters. The van der Waals surface area contributed by atoms with Gasteiger partial charge in [0, 0.05) is 28.4 Å². The number of hydrogen-bond acceptors (Lipinski definition) is 4. The Morgan fingerprint density at radius 1 is 1.33 bits per heavy atom. The second-order valence-corrected chi connectivity index (χ2v) is 5.13. The third-order valence-electron chi connectivity index (χ3n) is 2.83. The minimum absolute atomic E-state index is 0.0116. The second kappa shape index (κ2) is 5.88. The quantitative estimate of drug-likeness (QED) is 0.671. The summed E-state index contributed by atoms with van der Waals surface area (Å²) in [5.74, 6) is -1.20. The monoisotopic (exact) mass is 352 g/mol. The Balaban J connectivity index is 2.41. The van der Waals surface area contributed by atoms with E-state index in [4.69, 9.17) is 5.11 Å². The van der Waals surface area contributed by atoms with E-state index in [1.165, 1.54) is 22.9 Å². The highest BCUT2D eigenvalue weighted by atomic mass is 79.9. The number of halogens is 1. The van der Waals surface area contributed by atoms with Crippen LogP contribution in [0.4, 0.5) is 5.69 Å². The van der Waals surface area contributed by atoms with Crippen LogP contribution in [-0.2, 0) is 6.54 Å². The zero-order chi connectivity index (χ0) is 15.6. The summed E-state index contributed by atoms with van der Waals surface area (Å²) in [6.07, 6.45) is 1.30. The summed E-state index contributed by atoms with van der Waals surface area (Å²) in [5, 5.41) is 19.8. The summed E-state index contributed by atoms with van der Waals surface area (Å²) in [5.41, 5.74) is -0.416. The van der Waals surface area contributed by atoms with Crippen molar-refractivity contribution in [2.75, 3.05) is 0 Å². The molecule has 108 valence electrons. The van der Waals surface area contributed by atoms with Crippen LogP contribution < -0.4 is 5.56 Å². The Morgan fingerprint density at radius 3 is 2.62 bits per heavy atom. The Kier molecular flexibility index (Phi) is 4.18.